The maximum atomic E-state index is 3.58. The van der Waals surface area contributed by atoms with Crippen molar-refractivity contribution >= 4 is 121 Å². The molecule has 0 saturated carbocycles. The predicted molar refractivity (Wildman–Crippen MR) is 495 cm³/mol. The van der Waals surface area contributed by atoms with Crippen LogP contribution in [-0.4, -0.2) is 9.13 Å². The lowest BCUT2D eigenvalue weighted by Crippen LogP contribution is -2.14. The van der Waals surface area contributed by atoms with Gasteiger partial charge in [-0.2, -0.15) is 0 Å². The second kappa shape index (κ2) is 33.5. The van der Waals surface area contributed by atoms with Gasteiger partial charge in [0.05, 0.1) is 39.1 Å². The molecule has 1 N–H and O–H groups in total. The molecule has 0 unspecified atom stereocenters. The van der Waals surface area contributed by atoms with Gasteiger partial charge in [-0.1, -0.05) is 359 Å². The van der Waals surface area contributed by atoms with E-state index < -0.39 is 0 Å². The zero-order valence-corrected chi connectivity index (χ0v) is 66.1. The average Bonchev–Trinajstić information content (AvgIpc) is 1.53. The first-order valence-electron chi connectivity index (χ1n) is 38.7. The molecule has 0 aliphatic carbocycles. The molecule has 18 aromatic carbocycles. The van der Waals surface area contributed by atoms with Crippen molar-refractivity contribution in [2.75, 3.05) is 15.1 Å². The monoisotopic (exact) mass is 1600 g/mol. The molecule has 0 bridgehead atoms. The Labute approximate surface area is 688 Å². The number of aromatic nitrogens is 2. The maximum absolute atomic E-state index is 3.58. The maximum Gasteiger partial charge on any atom is 0.0541 e. The lowest BCUT2D eigenvalue weighted by molar-refractivity contribution is 1.16. The molecule has 0 radical (unpaired) electrons. The second-order valence-electron chi connectivity index (χ2n) is 28.4. The Kier molecular flexibility index (Phi) is 21.1. The Morgan fingerprint density at radius 2 is 0.374 bits per heavy atom. The van der Waals surface area contributed by atoms with Crippen LogP contribution in [0.25, 0.3) is 122 Å². The average molecular weight is 1600 g/mol. The molecule has 0 saturated heterocycles. The van der Waals surface area contributed by atoms with E-state index in [2.05, 4.69) is 505 Å². The molecule has 20 rings (SSSR count). The van der Waals surface area contributed by atoms with Crippen molar-refractivity contribution in [3.63, 3.8) is 0 Å². The summed E-state index contributed by atoms with van der Waals surface area (Å²) in [6.45, 7) is 0. The van der Waals surface area contributed by atoms with Crippen LogP contribution >= 0.6 is 31.9 Å². The fourth-order valence-electron chi connectivity index (χ4n) is 15.6. The molecule has 7 heteroatoms. The molecule has 0 aliphatic heterocycles. The quantitative estimate of drug-likeness (QED) is 0.105. The van der Waals surface area contributed by atoms with Crippen LogP contribution in [0.3, 0.4) is 0 Å². The van der Waals surface area contributed by atoms with E-state index in [-0.39, 0.29) is 0 Å². The van der Waals surface area contributed by atoms with E-state index in [9.17, 15) is 0 Å². The predicted octanol–water partition coefficient (Wildman–Crippen LogP) is 31.5. The van der Waals surface area contributed by atoms with Crippen LogP contribution in [0.5, 0.6) is 0 Å². The van der Waals surface area contributed by atoms with Crippen LogP contribution < -0.4 is 15.1 Å². The number of fused-ring (bicyclic) bond motifs is 6. The van der Waals surface area contributed by atoms with Crippen molar-refractivity contribution in [2.45, 2.75) is 0 Å². The van der Waals surface area contributed by atoms with E-state index in [1.165, 1.54) is 99.3 Å². The summed E-state index contributed by atoms with van der Waals surface area (Å²) < 4.78 is 6.87. The minimum absolute atomic E-state index is 1.02. The number of hydrogen-bond donors (Lipinski definition) is 1. The van der Waals surface area contributed by atoms with Gasteiger partial charge in [-0.3, -0.25) is 0 Å². The largest absolute Gasteiger partial charge is 0.356 e. The summed E-state index contributed by atoms with van der Waals surface area (Å²) in [5, 5.41) is 8.46. The molecule has 20 aromatic rings. The second-order valence-corrected chi connectivity index (χ2v) is 30.2. The van der Waals surface area contributed by atoms with Gasteiger partial charge in [0.1, 0.15) is 0 Å². The van der Waals surface area contributed by atoms with E-state index in [1.54, 1.807) is 0 Å². The summed E-state index contributed by atoms with van der Waals surface area (Å²) >= 11 is 7.17. The molecule has 0 fully saturated rings. The van der Waals surface area contributed by atoms with Gasteiger partial charge < -0.3 is 24.3 Å². The minimum Gasteiger partial charge on any atom is -0.356 e. The molecular formula is C108H77Br2N5. The fourth-order valence-corrected chi connectivity index (χ4v) is 16.9. The van der Waals surface area contributed by atoms with Gasteiger partial charge in [-0.15, -0.1) is 0 Å². The lowest BCUT2D eigenvalue weighted by atomic mass is 10.0. The van der Waals surface area contributed by atoms with E-state index in [0.717, 1.165) is 76.9 Å². The molecule has 0 spiro atoms. The third-order valence-corrected chi connectivity index (χ3v) is 22.0. The number of halogens is 2. The Hall–Kier alpha value is -14.1. The van der Waals surface area contributed by atoms with Crippen LogP contribution in [-0.2, 0) is 0 Å². The first-order valence-corrected chi connectivity index (χ1v) is 40.3. The van der Waals surface area contributed by atoms with Crippen LogP contribution in [0.2, 0.25) is 0 Å². The number of para-hydroxylation sites is 4. The van der Waals surface area contributed by atoms with Gasteiger partial charge in [-0.25, -0.2) is 0 Å². The SMILES string of the molecule is Brc1cc(Br)cc(-n2c3ccccc3c3ccccc32)c1.c1ccc(-c2ccc(N(c3ccc(-c4ccccc4)cc3)c3cc(N(c4ccc(-c5ccccc5)cc4)c4ccc(-c5ccccc5)cc4)cc(-n4c5ccccc5c5ccccc54)c3)cc2)cc1.c1ccc(-c2ccc(Nc3ccc(-c4ccccc4)cc3)cc2)cc1. The van der Waals surface area contributed by atoms with E-state index in [0.29, 0.717) is 0 Å². The molecule has 548 valence electrons. The highest BCUT2D eigenvalue weighted by atomic mass is 79.9. The number of anilines is 8. The summed E-state index contributed by atoms with van der Waals surface area (Å²) in [6, 6.07) is 164. The Bertz CT molecular complexity index is 6120. The first kappa shape index (κ1) is 72.5. The van der Waals surface area contributed by atoms with Crippen LogP contribution in [0.1, 0.15) is 0 Å². The molecule has 5 nitrogen and oxygen atoms in total. The van der Waals surface area contributed by atoms with E-state index >= 15 is 0 Å². The van der Waals surface area contributed by atoms with Crippen molar-refractivity contribution in [3.8, 4) is 78.1 Å². The van der Waals surface area contributed by atoms with Crippen molar-refractivity contribution in [1.82, 2.24) is 9.13 Å². The zero-order chi connectivity index (χ0) is 77.2. The zero-order valence-electron chi connectivity index (χ0n) is 62.9. The summed E-state index contributed by atoms with van der Waals surface area (Å²) in [5.74, 6) is 0. The van der Waals surface area contributed by atoms with Gasteiger partial charge in [-0.05, 0) is 200 Å². The minimum atomic E-state index is 1.02. The molecular weight excluding hydrogens is 1530 g/mol. The summed E-state index contributed by atoms with van der Waals surface area (Å²) in [4.78, 5) is 4.80. The van der Waals surface area contributed by atoms with Gasteiger partial charge in [0.15, 0.2) is 0 Å². The lowest BCUT2D eigenvalue weighted by Gasteiger charge is -2.31. The van der Waals surface area contributed by atoms with Crippen LogP contribution in [0, 0.1) is 0 Å². The topological polar surface area (TPSA) is 28.4 Å². The van der Waals surface area contributed by atoms with Gasteiger partial charge in [0, 0.05) is 70.3 Å². The van der Waals surface area contributed by atoms with Crippen LogP contribution in [0.15, 0.2) is 470 Å². The normalized spacial score (nSPS) is 11.0. The summed E-state index contributed by atoms with van der Waals surface area (Å²) in [5.41, 5.74) is 29.7. The first-order chi connectivity index (χ1) is 56.8. The van der Waals surface area contributed by atoms with Crippen molar-refractivity contribution in [2.24, 2.45) is 0 Å². The molecule has 2 aromatic heterocycles. The van der Waals surface area contributed by atoms with Gasteiger partial charge >= 0.3 is 0 Å². The molecule has 2 heterocycles. The number of nitrogens with one attached hydrogen (secondary N) is 1. The third kappa shape index (κ3) is 15.8. The number of rotatable bonds is 16. The molecule has 115 heavy (non-hydrogen) atoms. The van der Waals surface area contributed by atoms with Crippen molar-refractivity contribution < 1.29 is 0 Å². The van der Waals surface area contributed by atoms with Crippen LogP contribution in [0.4, 0.5) is 45.5 Å². The summed E-state index contributed by atoms with van der Waals surface area (Å²) in [7, 11) is 0. The number of benzene rings is 18. The summed E-state index contributed by atoms with van der Waals surface area (Å²) in [6.07, 6.45) is 0. The highest BCUT2D eigenvalue weighted by molar-refractivity contribution is 9.11. The fraction of sp³-hybridized carbons (Fsp3) is 0. The highest BCUT2D eigenvalue weighted by Gasteiger charge is 2.23. The highest BCUT2D eigenvalue weighted by Crippen LogP contribution is 2.46. The molecule has 0 amide bonds. The smallest absolute Gasteiger partial charge is 0.0541 e. The Morgan fingerprint density at radius 3 is 0.617 bits per heavy atom. The molecule has 0 aliphatic rings. The number of hydrogen-bond acceptors (Lipinski definition) is 3. The Balaban J connectivity index is 0.000000160. The number of nitrogens with zero attached hydrogens (tertiary/aromatic N) is 4. The third-order valence-electron chi connectivity index (χ3n) is 21.1. The van der Waals surface area contributed by atoms with Crippen molar-refractivity contribution in [1.29, 1.82) is 0 Å². The van der Waals surface area contributed by atoms with E-state index in [4.69, 9.17) is 0 Å². The standard InChI is InChI=1S/C66H47N3.C24H19N.C18H11Br2N/c1-5-17-48(18-6-1)52-29-37-56(38-30-52)67(57-39-31-53(32-40-57)49-19-7-2-8-20-49)60-45-61(47-62(46-60)69-65-27-15-13-25-63(65)64-26-14-16-28-66(64)69)68(58-41-33-54(34-42-58)50-21-9-3-10-22-50)59-43-35-55(36-44-59)51-23-11-4-12-24-51;1-3-7-19(8-4-1)21-11-15-23(16-12-21)25-24-17-13-22(14-18-24)20-9-5-2-6-10-20;19-12-9-13(20)11-14(10-12)21-17-7-3-1-5-15(17)16-6-2-4-8-18(16)21/h1-47H;1-18,25H;1-11H. The van der Waals surface area contributed by atoms with Gasteiger partial charge in [0.2, 0.25) is 0 Å². The van der Waals surface area contributed by atoms with Gasteiger partial charge in [0.25, 0.3) is 0 Å². The Morgan fingerprint density at radius 1 is 0.174 bits per heavy atom. The van der Waals surface area contributed by atoms with E-state index in [1.807, 2.05) is 12.1 Å². The van der Waals surface area contributed by atoms with Crippen molar-refractivity contribution in [3.05, 3.63) is 470 Å². The molecule has 0 atom stereocenters.